The van der Waals surface area contributed by atoms with Crippen molar-refractivity contribution in [2.45, 2.75) is 97.4 Å². The maximum absolute atomic E-state index is 11.6. The number of carbonyl (C=O) groups excluding carboxylic acids is 1. The first-order valence-corrected chi connectivity index (χ1v) is 13.3. The highest BCUT2D eigenvalue weighted by atomic mass is 35.5. The van der Waals surface area contributed by atoms with E-state index in [2.05, 4.69) is 67.8 Å². The molecule has 0 radical (unpaired) electrons. The number of hydrogen-bond acceptors (Lipinski definition) is 2. The summed E-state index contributed by atoms with van der Waals surface area (Å²) in [6, 6.07) is -0.157. The zero-order valence-electron chi connectivity index (χ0n) is 22.0. The van der Waals surface area contributed by atoms with Crippen molar-refractivity contribution in [3.05, 3.63) is 48.6 Å². The van der Waals surface area contributed by atoms with Gasteiger partial charge in [-0.1, -0.05) is 62.5 Å². The van der Waals surface area contributed by atoms with Crippen LogP contribution in [0.2, 0.25) is 0 Å². The summed E-state index contributed by atoms with van der Waals surface area (Å²) in [5, 5.41) is 11.7. The van der Waals surface area contributed by atoms with Gasteiger partial charge in [-0.3, -0.25) is 4.79 Å². The Morgan fingerprint density at radius 1 is 0.941 bits per heavy atom. The second-order valence-corrected chi connectivity index (χ2v) is 10.2. The van der Waals surface area contributed by atoms with E-state index in [4.69, 9.17) is 5.11 Å². The summed E-state index contributed by atoms with van der Waals surface area (Å²) in [6.07, 6.45) is 30.0. The number of hydrogen-bond donors (Lipinski definition) is 3. The fraction of sp³-hybridized carbons (Fsp3) is 0.690. The molecule has 1 heterocycles. The summed E-state index contributed by atoms with van der Waals surface area (Å²) in [5.74, 6) is 0.0174. The minimum absolute atomic E-state index is 0. The summed E-state index contributed by atoms with van der Waals surface area (Å²) in [4.78, 5) is 13.4. The van der Waals surface area contributed by atoms with Gasteiger partial charge in [-0.25, -0.2) is 0 Å². The molecule has 3 N–H and O–H groups in total. The van der Waals surface area contributed by atoms with Crippen LogP contribution in [0.25, 0.3) is 0 Å². The second kappa shape index (κ2) is 21.0. The van der Waals surface area contributed by atoms with E-state index in [1.54, 1.807) is 6.92 Å². The van der Waals surface area contributed by atoms with Crippen LogP contribution in [0, 0.1) is 5.41 Å². The number of nitrogens with one attached hydrogen (secondary N) is 2. The Kier molecular flexibility index (Phi) is 20.1. The van der Waals surface area contributed by atoms with E-state index >= 15 is 0 Å². The van der Waals surface area contributed by atoms with Crippen molar-refractivity contribution in [1.82, 2.24) is 5.32 Å². The highest BCUT2D eigenvalue weighted by Gasteiger charge is 2.16. The Labute approximate surface area is 216 Å². The van der Waals surface area contributed by atoms with Crippen LogP contribution in [-0.2, 0) is 4.79 Å². The topological polar surface area (TPSA) is 53.8 Å². The van der Waals surface area contributed by atoms with Crippen molar-refractivity contribution in [2.24, 2.45) is 5.41 Å². The van der Waals surface area contributed by atoms with Crippen LogP contribution in [0.5, 0.6) is 0 Å². The molecule has 1 saturated heterocycles. The van der Waals surface area contributed by atoms with Gasteiger partial charge in [-0.15, -0.1) is 0 Å². The Morgan fingerprint density at radius 3 is 2.15 bits per heavy atom. The average Bonchev–Trinajstić information content (AvgIpc) is 3.30. The SMILES string of the molecule is C[C@H](CO)NC(=O)CCC/C=C\C/C=C\C/C=C\C/C=C\C(C)(C)CCCC[NH+]1CCCC1.[Cl-]. The molecule has 0 spiro atoms. The van der Waals surface area contributed by atoms with Crippen LogP contribution in [-0.4, -0.2) is 43.3 Å². The van der Waals surface area contributed by atoms with Crippen LogP contribution in [0.3, 0.4) is 0 Å². The predicted octanol–water partition coefficient (Wildman–Crippen LogP) is 1.93. The molecule has 1 amide bonds. The van der Waals surface area contributed by atoms with Crippen molar-refractivity contribution < 1.29 is 27.2 Å². The lowest BCUT2D eigenvalue weighted by Gasteiger charge is -2.20. The Balaban J connectivity index is 0.0000109. The molecule has 1 atom stereocenters. The van der Waals surface area contributed by atoms with Gasteiger partial charge in [0.05, 0.1) is 26.2 Å². The summed E-state index contributed by atoms with van der Waals surface area (Å²) in [5.41, 5.74) is 0.308. The number of allylic oxidation sites excluding steroid dienone is 8. The van der Waals surface area contributed by atoms with Gasteiger partial charge in [0.15, 0.2) is 0 Å². The first-order chi connectivity index (χ1) is 15.9. The van der Waals surface area contributed by atoms with E-state index in [-0.39, 0.29) is 31.0 Å². The smallest absolute Gasteiger partial charge is 0.220 e. The highest BCUT2D eigenvalue weighted by molar-refractivity contribution is 5.76. The number of quaternary nitrogens is 1. The van der Waals surface area contributed by atoms with Gasteiger partial charge in [0, 0.05) is 25.3 Å². The summed E-state index contributed by atoms with van der Waals surface area (Å²) in [6.45, 7) is 10.7. The maximum Gasteiger partial charge on any atom is 0.220 e. The van der Waals surface area contributed by atoms with E-state index in [1.165, 1.54) is 51.7 Å². The average molecular weight is 495 g/mol. The molecule has 196 valence electrons. The molecule has 1 aliphatic rings. The molecule has 0 aromatic rings. The van der Waals surface area contributed by atoms with E-state index in [9.17, 15) is 4.79 Å². The summed E-state index contributed by atoms with van der Waals surface area (Å²) in [7, 11) is 0. The third-order valence-electron chi connectivity index (χ3n) is 6.25. The minimum atomic E-state index is -0.157. The zero-order valence-corrected chi connectivity index (χ0v) is 22.8. The lowest BCUT2D eigenvalue weighted by atomic mass is 9.86. The lowest BCUT2D eigenvalue weighted by Crippen LogP contribution is -3.09. The predicted molar refractivity (Wildman–Crippen MR) is 141 cm³/mol. The lowest BCUT2D eigenvalue weighted by molar-refractivity contribution is -0.887. The highest BCUT2D eigenvalue weighted by Crippen LogP contribution is 2.25. The second-order valence-electron chi connectivity index (χ2n) is 10.2. The number of aliphatic hydroxyl groups is 1. The number of unbranched alkanes of at least 4 members (excludes halogenated alkanes) is 2. The Hall–Kier alpha value is -1.36. The van der Waals surface area contributed by atoms with Crippen LogP contribution >= 0.6 is 0 Å². The van der Waals surface area contributed by atoms with E-state index in [0.717, 1.165) is 32.1 Å². The van der Waals surface area contributed by atoms with Crippen LogP contribution in [0.1, 0.15) is 91.4 Å². The molecular formula is C29H51ClN2O2. The van der Waals surface area contributed by atoms with Gasteiger partial charge in [-0.05, 0) is 63.7 Å². The number of carbonyl (C=O) groups is 1. The van der Waals surface area contributed by atoms with Gasteiger partial charge in [0.1, 0.15) is 0 Å². The van der Waals surface area contributed by atoms with E-state index < -0.39 is 0 Å². The quantitative estimate of drug-likeness (QED) is 0.201. The molecule has 0 unspecified atom stereocenters. The Bertz CT molecular complexity index is 620. The molecular weight excluding hydrogens is 444 g/mol. The third-order valence-corrected chi connectivity index (χ3v) is 6.25. The Morgan fingerprint density at radius 2 is 1.53 bits per heavy atom. The number of halogens is 1. The number of likely N-dealkylation sites (tertiary alicyclic amines) is 1. The molecule has 1 rings (SSSR count). The number of aliphatic hydroxyl groups excluding tert-OH is 1. The molecule has 0 saturated carbocycles. The zero-order chi connectivity index (χ0) is 24.2. The molecule has 0 aromatic carbocycles. The normalized spacial score (nSPS) is 16.2. The van der Waals surface area contributed by atoms with Crippen molar-refractivity contribution in [1.29, 1.82) is 0 Å². The van der Waals surface area contributed by atoms with Crippen molar-refractivity contribution in [3.63, 3.8) is 0 Å². The molecule has 1 fully saturated rings. The molecule has 0 bridgehead atoms. The molecule has 4 nitrogen and oxygen atoms in total. The van der Waals surface area contributed by atoms with Crippen LogP contribution in [0.15, 0.2) is 48.6 Å². The van der Waals surface area contributed by atoms with Gasteiger partial charge < -0.3 is 27.7 Å². The maximum atomic E-state index is 11.6. The monoisotopic (exact) mass is 494 g/mol. The van der Waals surface area contributed by atoms with E-state index in [0.29, 0.717) is 11.8 Å². The fourth-order valence-corrected chi connectivity index (χ4v) is 4.16. The van der Waals surface area contributed by atoms with Gasteiger partial charge in [0.2, 0.25) is 5.91 Å². The first kappa shape index (κ1) is 32.6. The van der Waals surface area contributed by atoms with Gasteiger partial charge >= 0.3 is 0 Å². The number of rotatable bonds is 18. The van der Waals surface area contributed by atoms with Crippen molar-refractivity contribution >= 4 is 5.91 Å². The van der Waals surface area contributed by atoms with E-state index in [1.807, 2.05) is 4.90 Å². The molecule has 34 heavy (non-hydrogen) atoms. The fourth-order valence-electron chi connectivity index (χ4n) is 4.16. The van der Waals surface area contributed by atoms with Crippen LogP contribution in [0.4, 0.5) is 0 Å². The summed E-state index contributed by atoms with van der Waals surface area (Å²) >= 11 is 0. The molecule has 1 aliphatic heterocycles. The van der Waals surface area contributed by atoms with Crippen molar-refractivity contribution in [2.75, 3.05) is 26.2 Å². The summed E-state index contributed by atoms with van der Waals surface area (Å²) < 4.78 is 0. The standard InChI is InChI=1S/C29H50N2O2.ClH/c1-27(26-32)30-28(33)20-14-12-10-8-6-4-5-7-9-11-13-15-21-29(2,3)22-16-17-23-31-24-18-19-25-31;/h4-5,8-11,15,21,27,32H,6-7,12-14,16-20,22-26H2,1-3H3,(H,30,33);1H/b5-4-,10-8-,11-9-,21-15-;/t27-;/m1./s1. The van der Waals surface area contributed by atoms with Gasteiger partial charge in [0.25, 0.3) is 0 Å². The van der Waals surface area contributed by atoms with Gasteiger partial charge in [-0.2, -0.15) is 0 Å². The first-order valence-electron chi connectivity index (χ1n) is 13.3. The van der Waals surface area contributed by atoms with Crippen molar-refractivity contribution in [3.8, 4) is 0 Å². The molecule has 0 aliphatic carbocycles. The van der Waals surface area contributed by atoms with Crippen LogP contribution < -0.4 is 22.6 Å². The third kappa shape index (κ3) is 19.0. The minimum Gasteiger partial charge on any atom is -1.00 e. The molecule has 0 aromatic heterocycles. The largest absolute Gasteiger partial charge is 1.00 e. The molecule has 5 heteroatoms. The number of amides is 1.